The summed E-state index contributed by atoms with van der Waals surface area (Å²) in [5.41, 5.74) is 6.70. The number of benzene rings is 2. The number of rotatable bonds is 5. The zero-order valence-corrected chi connectivity index (χ0v) is 15.3. The minimum absolute atomic E-state index is 0.243. The van der Waals surface area contributed by atoms with Gasteiger partial charge in [-0.05, 0) is 23.8 Å². The van der Waals surface area contributed by atoms with E-state index in [0.717, 1.165) is 5.56 Å². The highest BCUT2D eigenvalue weighted by molar-refractivity contribution is 6.42. The van der Waals surface area contributed by atoms with Crippen LogP contribution in [0.4, 0.5) is 0 Å². The lowest BCUT2D eigenvalue weighted by atomic mass is 10.2. The first-order valence-corrected chi connectivity index (χ1v) is 8.15. The van der Waals surface area contributed by atoms with Crippen LogP contribution < -0.4 is 10.5 Å². The predicted molar refractivity (Wildman–Crippen MR) is 100 cm³/mol. The lowest BCUT2D eigenvalue weighted by molar-refractivity contribution is -0.170. The Hall–Kier alpha value is -2.77. The van der Waals surface area contributed by atoms with Crippen LogP contribution in [0.15, 0.2) is 47.6 Å². The summed E-state index contributed by atoms with van der Waals surface area (Å²) in [5.74, 6) is -0.598. The fourth-order valence-electron chi connectivity index (χ4n) is 1.88. The molecule has 0 heterocycles. The van der Waals surface area contributed by atoms with Gasteiger partial charge in [0.15, 0.2) is 0 Å². The van der Waals surface area contributed by atoms with Gasteiger partial charge in [0.05, 0.1) is 16.3 Å². The van der Waals surface area contributed by atoms with Crippen molar-refractivity contribution in [3.63, 3.8) is 0 Å². The molecule has 0 aliphatic heterocycles. The van der Waals surface area contributed by atoms with Crippen molar-refractivity contribution in [3.05, 3.63) is 63.6 Å². The van der Waals surface area contributed by atoms with Crippen molar-refractivity contribution in [2.75, 3.05) is 0 Å². The molecule has 2 aromatic carbocycles. The molecule has 0 bridgehead atoms. The average molecular weight is 395 g/mol. The van der Waals surface area contributed by atoms with Crippen LogP contribution in [0.2, 0.25) is 10.0 Å². The molecule has 0 radical (unpaired) electrons. The van der Waals surface area contributed by atoms with Gasteiger partial charge in [-0.3, -0.25) is 5.41 Å². The highest BCUT2D eigenvalue weighted by Gasteiger charge is 2.08. The third-order valence-corrected chi connectivity index (χ3v) is 3.87. The molecule has 2 aromatic rings. The molecule has 136 valence electrons. The van der Waals surface area contributed by atoms with Gasteiger partial charge >= 0.3 is 5.97 Å². The first kappa shape index (κ1) is 19.6. The monoisotopic (exact) mass is 394 g/mol. The van der Waals surface area contributed by atoms with E-state index < -0.39 is 11.9 Å². The largest absolute Gasteiger partial charge is 0.489 e. The molecule has 26 heavy (non-hydrogen) atoms. The molecule has 9 heteroatoms. The van der Waals surface area contributed by atoms with Crippen LogP contribution in [-0.4, -0.2) is 23.3 Å². The number of hydroxylamine groups is 1. The number of carbonyl (C=O) groups is 1. The van der Waals surface area contributed by atoms with E-state index in [9.17, 15) is 4.79 Å². The number of halogens is 2. The number of hydrogen-bond acceptors (Lipinski definition) is 5. The number of hydrogen-bond donors (Lipinski definition) is 2. The Kier molecular flexibility index (Phi) is 6.82. The Morgan fingerprint density at radius 1 is 1.31 bits per heavy atom. The number of nitrogens with two attached hydrogens (primary N) is 1. The summed E-state index contributed by atoms with van der Waals surface area (Å²) in [6.07, 6.45) is 1.38. The molecular formula is C17H16Cl2N4O3. The number of guanidine groups is 1. The molecule has 0 unspecified atom stereocenters. The molecule has 0 atom stereocenters. The maximum absolute atomic E-state index is 11.0. The first-order chi connectivity index (χ1) is 12.4. The first-order valence-electron chi connectivity index (χ1n) is 7.39. The quantitative estimate of drug-likeness (QED) is 0.458. The molecular weight excluding hydrogens is 379 g/mol. The summed E-state index contributed by atoms with van der Waals surface area (Å²) < 4.78 is 5.72. The van der Waals surface area contributed by atoms with Crippen LogP contribution in [0.1, 0.15) is 18.1 Å². The van der Waals surface area contributed by atoms with Crippen molar-refractivity contribution < 1.29 is 14.4 Å². The molecule has 0 spiro atoms. The molecule has 0 fully saturated rings. The second-order valence-electron chi connectivity index (χ2n) is 5.06. The third-order valence-electron chi connectivity index (χ3n) is 3.02. The van der Waals surface area contributed by atoms with Gasteiger partial charge < -0.3 is 15.3 Å². The Morgan fingerprint density at radius 3 is 2.73 bits per heavy atom. The fourth-order valence-corrected chi connectivity index (χ4v) is 2.26. The topological polar surface area (TPSA) is 101 Å². The molecule has 7 nitrogen and oxygen atoms in total. The van der Waals surface area contributed by atoms with E-state index in [1.54, 1.807) is 36.4 Å². The molecule has 2 rings (SSSR count). The van der Waals surface area contributed by atoms with Crippen molar-refractivity contribution >= 4 is 41.3 Å². The molecule has 0 saturated heterocycles. The van der Waals surface area contributed by atoms with E-state index in [1.807, 2.05) is 6.07 Å². The van der Waals surface area contributed by atoms with Crippen LogP contribution in [0.25, 0.3) is 0 Å². The third kappa shape index (κ3) is 5.65. The van der Waals surface area contributed by atoms with Gasteiger partial charge in [0.1, 0.15) is 12.4 Å². The second-order valence-corrected chi connectivity index (χ2v) is 5.84. The maximum atomic E-state index is 11.0. The van der Waals surface area contributed by atoms with Gasteiger partial charge in [-0.2, -0.15) is 0 Å². The van der Waals surface area contributed by atoms with E-state index in [1.165, 1.54) is 13.1 Å². The molecule has 0 amide bonds. The molecule has 0 aliphatic rings. The maximum Gasteiger partial charge on any atom is 0.332 e. The zero-order chi connectivity index (χ0) is 19.1. The van der Waals surface area contributed by atoms with Crippen molar-refractivity contribution in [2.45, 2.75) is 13.5 Å². The Labute approximate surface area is 160 Å². The van der Waals surface area contributed by atoms with E-state index in [2.05, 4.69) is 9.94 Å². The smallest absolute Gasteiger partial charge is 0.332 e. The average Bonchev–Trinajstić information content (AvgIpc) is 2.60. The predicted octanol–water partition coefficient (Wildman–Crippen LogP) is 3.58. The van der Waals surface area contributed by atoms with Gasteiger partial charge in [-0.1, -0.05) is 52.6 Å². The molecule has 0 saturated carbocycles. The zero-order valence-electron chi connectivity index (χ0n) is 13.8. The number of hydrazone groups is 1. The van der Waals surface area contributed by atoms with Gasteiger partial charge in [0, 0.05) is 12.5 Å². The van der Waals surface area contributed by atoms with Crippen LogP contribution >= 0.6 is 23.2 Å². The van der Waals surface area contributed by atoms with Crippen LogP contribution in [0, 0.1) is 5.41 Å². The summed E-state index contributed by atoms with van der Waals surface area (Å²) >= 11 is 12.1. The minimum atomic E-state index is -0.646. The van der Waals surface area contributed by atoms with E-state index in [-0.39, 0.29) is 6.61 Å². The van der Waals surface area contributed by atoms with Gasteiger partial charge in [-0.15, -0.1) is 5.10 Å². The Balaban J connectivity index is 2.07. The number of ether oxygens (including phenoxy) is 1. The highest BCUT2D eigenvalue weighted by atomic mass is 35.5. The van der Waals surface area contributed by atoms with E-state index in [4.69, 9.17) is 39.1 Å². The summed E-state index contributed by atoms with van der Waals surface area (Å²) in [6, 6.07) is 12.3. The SMILES string of the molecule is CC(=O)ON(N=Cc1cccc(OCc2cccc(Cl)c2Cl)c1)C(=N)N. The minimum Gasteiger partial charge on any atom is -0.489 e. The molecule has 0 aliphatic carbocycles. The summed E-state index contributed by atoms with van der Waals surface area (Å²) in [6.45, 7) is 1.42. The number of carbonyl (C=O) groups excluding carboxylic acids is 1. The summed E-state index contributed by atoms with van der Waals surface area (Å²) in [4.78, 5) is 15.6. The standard InChI is InChI=1S/C17H16Cl2N4O3/c1-11(24)26-23(17(20)21)22-9-12-4-2-6-14(8-12)25-10-13-5-3-7-15(18)16(13)19/h2-9H,10H2,1H3,(H3,20,21). The van der Waals surface area contributed by atoms with Crippen LogP contribution in [0.5, 0.6) is 5.75 Å². The normalized spacial score (nSPS) is 10.6. The van der Waals surface area contributed by atoms with Gasteiger partial charge in [0.25, 0.3) is 0 Å². The Morgan fingerprint density at radius 2 is 2.04 bits per heavy atom. The van der Waals surface area contributed by atoms with Gasteiger partial charge in [-0.25, -0.2) is 4.79 Å². The van der Waals surface area contributed by atoms with Crippen molar-refractivity contribution in [1.82, 2.24) is 5.17 Å². The van der Waals surface area contributed by atoms with Crippen LogP contribution in [0.3, 0.4) is 0 Å². The van der Waals surface area contributed by atoms with Crippen molar-refractivity contribution in [1.29, 1.82) is 5.41 Å². The molecule has 0 aromatic heterocycles. The number of nitrogens with zero attached hydrogens (tertiary/aromatic N) is 2. The lowest BCUT2D eigenvalue weighted by Crippen LogP contribution is -2.33. The van der Waals surface area contributed by atoms with E-state index >= 15 is 0 Å². The van der Waals surface area contributed by atoms with Crippen LogP contribution in [-0.2, 0) is 16.2 Å². The summed E-state index contributed by atoms with van der Waals surface area (Å²) in [5, 5.41) is 12.7. The summed E-state index contributed by atoms with van der Waals surface area (Å²) in [7, 11) is 0. The van der Waals surface area contributed by atoms with Crippen molar-refractivity contribution in [2.24, 2.45) is 10.8 Å². The molecule has 3 N–H and O–H groups in total. The Bertz CT molecular complexity index is 843. The van der Waals surface area contributed by atoms with Gasteiger partial charge in [0.2, 0.25) is 5.96 Å². The lowest BCUT2D eigenvalue weighted by Gasteiger charge is -2.13. The highest BCUT2D eigenvalue weighted by Crippen LogP contribution is 2.26. The van der Waals surface area contributed by atoms with Crippen molar-refractivity contribution in [3.8, 4) is 5.75 Å². The number of nitrogens with one attached hydrogen (secondary N) is 1. The fraction of sp³-hybridized carbons (Fsp3) is 0.118. The second kappa shape index (κ2) is 9.07. The van der Waals surface area contributed by atoms with E-state index in [0.29, 0.717) is 26.5 Å².